The summed E-state index contributed by atoms with van der Waals surface area (Å²) < 4.78 is 24.1. The predicted molar refractivity (Wildman–Crippen MR) is 102 cm³/mol. The summed E-state index contributed by atoms with van der Waals surface area (Å²) >= 11 is 7.21. The van der Waals surface area contributed by atoms with Crippen molar-refractivity contribution in [1.82, 2.24) is 10.6 Å². The highest BCUT2D eigenvalue weighted by Gasteiger charge is 2.30. The third-order valence-corrected chi connectivity index (χ3v) is 5.63. The normalized spacial score (nSPS) is 16.6. The Balaban J connectivity index is 1.84. The summed E-state index contributed by atoms with van der Waals surface area (Å²) in [5, 5.41) is 5.71. The van der Waals surface area contributed by atoms with Crippen LogP contribution in [0.4, 0.5) is 9.18 Å². The number of carbonyl (C=O) groups is 3. The van der Waals surface area contributed by atoms with Crippen LogP contribution >= 0.6 is 22.9 Å². The molecule has 7 nitrogen and oxygen atoms in total. The van der Waals surface area contributed by atoms with Crippen molar-refractivity contribution in [2.24, 2.45) is 0 Å². The summed E-state index contributed by atoms with van der Waals surface area (Å²) in [6.07, 6.45) is 0. The molecule has 0 fully saturated rings. The molecule has 2 amide bonds. The third-order valence-electron chi connectivity index (χ3n) is 3.99. The lowest BCUT2D eigenvalue weighted by Gasteiger charge is -2.26. The summed E-state index contributed by atoms with van der Waals surface area (Å²) in [5.41, 5.74) is 0.296. The average molecular weight is 427 g/mol. The first-order valence-electron chi connectivity index (χ1n) is 8.34. The number of ether oxygens (including phenoxy) is 2. The topological polar surface area (TPSA) is 93.7 Å². The number of hydrogen-bond acceptors (Lipinski definition) is 6. The minimum absolute atomic E-state index is 0.105. The van der Waals surface area contributed by atoms with Gasteiger partial charge in [0.2, 0.25) is 0 Å². The molecule has 0 radical (unpaired) electrons. The van der Waals surface area contributed by atoms with Crippen molar-refractivity contribution < 1.29 is 28.2 Å². The highest BCUT2D eigenvalue weighted by Crippen LogP contribution is 2.36. The number of fused-ring (bicyclic) bond motifs is 1. The third kappa shape index (κ3) is 3.95. The molecule has 0 aliphatic carbocycles. The first-order chi connectivity index (χ1) is 13.3. The molecule has 1 aromatic carbocycles. The van der Waals surface area contributed by atoms with Crippen molar-refractivity contribution >= 4 is 51.0 Å². The van der Waals surface area contributed by atoms with Gasteiger partial charge in [-0.15, -0.1) is 11.3 Å². The van der Waals surface area contributed by atoms with E-state index in [-0.39, 0.29) is 34.4 Å². The van der Waals surface area contributed by atoms with Gasteiger partial charge in [-0.1, -0.05) is 11.6 Å². The van der Waals surface area contributed by atoms with Crippen LogP contribution in [-0.2, 0) is 14.3 Å². The van der Waals surface area contributed by atoms with E-state index in [0.717, 1.165) is 11.3 Å². The van der Waals surface area contributed by atoms with E-state index in [1.54, 1.807) is 13.8 Å². The lowest BCUT2D eigenvalue weighted by atomic mass is 10.0. The van der Waals surface area contributed by atoms with Crippen LogP contribution < -0.4 is 10.6 Å². The molecule has 0 spiro atoms. The van der Waals surface area contributed by atoms with Crippen LogP contribution in [0.15, 0.2) is 29.5 Å². The van der Waals surface area contributed by atoms with E-state index in [2.05, 4.69) is 10.6 Å². The van der Waals surface area contributed by atoms with Gasteiger partial charge in [-0.3, -0.25) is 0 Å². The first kappa shape index (κ1) is 20.1. The Morgan fingerprint density at radius 3 is 2.75 bits per heavy atom. The van der Waals surface area contributed by atoms with Crippen molar-refractivity contribution in [3.63, 3.8) is 0 Å². The number of urea groups is 1. The Labute approximate surface area is 168 Å². The highest BCUT2D eigenvalue weighted by molar-refractivity contribution is 7.21. The predicted octanol–water partition coefficient (Wildman–Crippen LogP) is 3.37. The van der Waals surface area contributed by atoms with Gasteiger partial charge >= 0.3 is 18.0 Å². The molecular weight excluding hydrogens is 411 g/mol. The van der Waals surface area contributed by atoms with Gasteiger partial charge in [0.1, 0.15) is 17.3 Å². The molecule has 3 rings (SSSR count). The quantitative estimate of drug-likeness (QED) is 0.715. The minimum Gasteiger partial charge on any atom is -0.463 e. The van der Waals surface area contributed by atoms with Gasteiger partial charge in [0.25, 0.3) is 0 Å². The molecule has 28 heavy (non-hydrogen) atoms. The van der Waals surface area contributed by atoms with Gasteiger partial charge < -0.3 is 20.1 Å². The smallest absolute Gasteiger partial charge is 0.350 e. The summed E-state index contributed by atoms with van der Waals surface area (Å²) in [6, 6.07) is 2.87. The monoisotopic (exact) mass is 426 g/mol. The summed E-state index contributed by atoms with van der Waals surface area (Å²) in [7, 11) is 0. The zero-order valence-corrected chi connectivity index (χ0v) is 16.5. The molecule has 0 bridgehead atoms. The van der Waals surface area contributed by atoms with E-state index in [1.165, 1.54) is 18.2 Å². The maximum Gasteiger partial charge on any atom is 0.350 e. The SMILES string of the molecule is CCOC(=O)C1=C(COC(=O)c2sc3cc(F)ccc3c2Cl)NC(=O)N[C@H]1C. The molecule has 2 heterocycles. The molecule has 1 aromatic heterocycles. The molecule has 1 atom stereocenters. The largest absolute Gasteiger partial charge is 0.463 e. The molecule has 10 heteroatoms. The molecule has 1 aliphatic rings. The van der Waals surface area contributed by atoms with Gasteiger partial charge in [0, 0.05) is 10.1 Å². The molecule has 2 N–H and O–H groups in total. The van der Waals surface area contributed by atoms with E-state index in [1.807, 2.05) is 0 Å². The number of nitrogens with one attached hydrogen (secondary N) is 2. The molecule has 0 saturated carbocycles. The number of rotatable bonds is 5. The number of amides is 2. The fraction of sp³-hybridized carbons (Fsp3) is 0.278. The number of thiophene rings is 1. The Kier molecular flexibility index (Phi) is 5.85. The number of hydrogen-bond donors (Lipinski definition) is 2. The summed E-state index contributed by atoms with van der Waals surface area (Å²) in [5.74, 6) is -1.81. The van der Waals surface area contributed by atoms with Crippen LogP contribution in [0.25, 0.3) is 10.1 Å². The van der Waals surface area contributed by atoms with Crippen molar-refractivity contribution in [3.05, 3.63) is 45.2 Å². The van der Waals surface area contributed by atoms with Crippen molar-refractivity contribution in [2.45, 2.75) is 19.9 Å². The van der Waals surface area contributed by atoms with Crippen LogP contribution in [-0.4, -0.2) is 37.2 Å². The van der Waals surface area contributed by atoms with Crippen molar-refractivity contribution in [2.75, 3.05) is 13.2 Å². The summed E-state index contributed by atoms with van der Waals surface area (Å²) in [4.78, 5) is 36.5. The van der Waals surface area contributed by atoms with Crippen molar-refractivity contribution in [3.8, 4) is 0 Å². The van der Waals surface area contributed by atoms with E-state index in [4.69, 9.17) is 21.1 Å². The van der Waals surface area contributed by atoms with Gasteiger partial charge in [-0.25, -0.2) is 18.8 Å². The molecule has 0 unspecified atom stereocenters. The molecule has 1 aliphatic heterocycles. The second-order valence-electron chi connectivity index (χ2n) is 5.89. The molecular formula is C18H16ClFN2O5S. The van der Waals surface area contributed by atoms with E-state index >= 15 is 0 Å². The van der Waals surface area contributed by atoms with Crippen LogP contribution in [0.3, 0.4) is 0 Å². The van der Waals surface area contributed by atoms with Gasteiger partial charge in [0.15, 0.2) is 0 Å². The van der Waals surface area contributed by atoms with E-state index < -0.39 is 29.8 Å². The zero-order chi connectivity index (χ0) is 20.4. The molecule has 0 saturated heterocycles. The van der Waals surface area contributed by atoms with Gasteiger partial charge in [0.05, 0.1) is 28.9 Å². The zero-order valence-electron chi connectivity index (χ0n) is 14.9. The number of halogens is 2. The Morgan fingerprint density at radius 2 is 2.04 bits per heavy atom. The van der Waals surface area contributed by atoms with E-state index in [9.17, 15) is 18.8 Å². The van der Waals surface area contributed by atoms with Gasteiger partial charge in [-0.2, -0.15) is 0 Å². The van der Waals surface area contributed by atoms with Crippen molar-refractivity contribution in [1.29, 1.82) is 0 Å². The second-order valence-corrected chi connectivity index (χ2v) is 7.32. The van der Waals surface area contributed by atoms with Gasteiger partial charge in [-0.05, 0) is 32.0 Å². The maximum absolute atomic E-state index is 13.4. The van der Waals surface area contributed by atoms with E-state index in [0.29, 0.717) is 10.1 Å². The Hall–Kier alpha value is -2.65. The molecule has 2 aromatic rings. The van der Waals surface area contributed by atoms with Crippen LogP contribution in [0.5, 0.6) is 0 Å². The lowest BCUT2D eigenvalue weighted by molar-refractivity contribution is -0.139. The fourth-order valence-electron chi connectivity index (χ4n) is 2.77. The highest BCUT2D eigenvalue weighted by atomic mass is 35.5. The number of carbonyl (C=O) groups excluding carboxylic acids is 3. The minimum atomic E-state index is -0.747. The Morgan fingerprint density at radius 1 is 1.29 bits per heavy atom. The van der Waals surface area contributed by atoms with Crippen LogP contribution in [0.2, 0.25) is 5.02 Å². The molecule has 148 valence electrons. The summed E-state index contributed by atoms with van der Waals surface area (Å²) in [6.45, 7) is 3.07. The Bertz CT molecular complexity index is 1000. The fourth-order valence-corrected chi connectivity index (χ4v) is 4.19. The number of benzene rings is 1. The second kappa shape index (κ2) is 8.15. The maximum atomic E-state index is 13.4. The lowest BCUT2D eigenvalue weighted by Crippen LogP contribution is -2.50. The average Bonchev–Trinajstić information content (AvgIpc) is 2.95. The van der Waals surface area contributed by atoms with Crippen LogP contribution in [0, 0.1) is 5.82 Å². The number of esters is 2. The standard InChI is InChI=1S/C18H16ClFN2O5S/c1-3-26-16(23)13-8(2)21-18(25)22-11(13)7-27-17(24)15-14(19)10-5-4-9(20)6-12(10)28-15/h4-6,8H,3,7H2,1-2H3,(H2,21,22,25)/t8-/m0/s1. The van der Waals surface area contributed by atoms with Crippen LogP contribution in [0.1, 0.15) is 23.5 Å². The first-order valence-corrected chi connectivity index (χ1v) is 9.53.